The first kappa shape index (κ1) is 25.9. The zero-order valence-corrected chi connectivity index (χ0v) is 19.7. The van der Waals surface area contributed by atoms with Gasteiger partial charge in [-0.1, -0.05) is 0 Å². The highest BCUT2D eigenvalue weighted by atomic mass is 19.4. The highest BCUT2D eigenvalue weighted by Gasteiger charge is 2.32. The number of aromatic nitrogens is 4. The van der Waals surface area contributed by atoms with Crippen LogP contribution >= 0.6 is 0 Å². The minimum absolute atomic E-state index is 0.00981. The second kappa shape index (κ2) is 11.3. The molecule has 2 amide bonds. The lowest BCUT2D eigenvalue weighted by atomic mass is 10.1. The maximum absolute atomic E-state index is 12.9. The standard InChI is InChI=1S/C23H23F3N8O3/c1-33-4-6-34(7-5-33)13-21(35)31-17-8-15(2-3-19(17)37-23(24,25)26)22(36)32-20-12-29-18(11-30-20)16-9-27-14-28-10-16/h2-3,8-12,14H,4-7,13H2,1H3,(H,31,35)(H,30,32,36). The number of rotatable bonds is 7. The first-order valence-corrected chi connectivity index (χ1v) is 11.2. The number of carbonyl (C=O) groups is 2. The van der Waals surface area contributed by atoms with E-state index in [0.29, 0.717) is 24.3 Å². The van der Waals surface area contributed by atoms with Crippen LogP contribution in [0.25, 0.3) is 11.3 Å². The molecule has 0 bridgehead atoms. The van der Waals surface area contributed by atoms with Crippen LogP contribution in [-0.2, 0) is 4.79 Å². The number of hydrogen-bond acceptors (Lipinski definition) is 9. The topological polar surface area (TPSA) is 125 Å². The minimum Gasteiger partial charge on any atom is -0.404 e. The monoisotopic (exact) mass is 516 g/mol. The quantitative estimate of drug-likeness (QED) is 0.486. The second-order valence-electron chi connectivity index (χ2n) is 8.25. The van der Waals surface area contributed by atoms with Gasteiger partial charge in [-0.15, -0.1) is 13.2 Å². The summed E-state index contributed by atoms with van der Waals surface area (Å²) in [6.45, 7) is 2.83. The smallest absolute Gasteiger partial charge is 0.404 e. The largest absolute Gasteiger partial charge is 0.573 e. The lowest BCUT2D eigenvalue weighted by Gasteiger charge is -2.31. The van der Waals surface area contributed by atoms with E-state index in [1.807, 2.05) is 11.9 Å². The van der Waals surface area contributed by atoms with E-state index >= 15 is 0 Å². The van der Waals surface area contributed by atoms with Crippen molar-refractivity contribution in [2.45, 2.75) is 6.36 Å². The van der Waals surface area contributed by atoms with Crippen molar-refractivity contribution in [3.63, 3.8) is 0 Å². The summed E-state index contributed by atoms with van der Waals surface area (Å²) in [6, 6.07) is 3.23. The van der Waals surface area contributed by atoms with Crippen molar-refractivity contribution in [2.24, 2.45) is 0 Å². The summed E-state index contributed by atoms with van der Waals surface area (Å²) in [7, 11) is 1.97. The molecule has 1 saturated heterocycles. The number of benzene rings is 1. The van der Waals surface area contributed by atoms with Crippen molar-refractivity contribution in [3.05, 3.63) is 54.9 Å². The summed E-state index contributed by atoms with van der Waals surface area (Å²) in [6.07, 6.45) is 2.24. The minimum atomic E-state index is -4.98. The molecule has 3 heterocycles. The average molecular weight is 516 g/mol. The van der Waals surface area contributed by atoms with Crippen LogP contribution in [0.3, 0.4) is 0 Å². The molecule has 0 unspecified atom stereocenters. The molecule has 4 rings (SSSR count). The van der Waals surface area contributed by atoms with Crippen molar-refractivity contribution in [3.8, 4) is 17.0 Å². The molecular weight excluding hydrogens is 493 g/mol. The summed E-state index contributed by atoms with van der Waals surface area (Å²) in [5.41, 5.74) is 0.809. The molecule has 1 fully saturated rings. The lowest BCUT2D eigenvalue weighted by molar-refractivity contribution is -0.274. The van der Waals surface area contributed by atoms with E-state index < -0.39 is 23.9 Å². The Morgan fingerprint density at radius 2 is 1.73 bits per heavy atom. The van der Waals surface area contributed by atoms with Gasteiger partial charge >= 0.3 is 6.36 Å². The average Bonchev–Trinajstić information content (AvgIpc) is 2.86. The third-order valence-electron chi connectivity index (χ3n) is 5.45. The van der Waals surface area contributed by atoms with Crippen molar-refractivity contribution in [1.82, 2.24) is 29.7 Å². The van der Waals surface area contributed by atoms with Gasteiger partial charge in [0.25, 0.3) is 5.91 Å². The molecule has 0 aliphatic carbocycles. The van der Waals surface area contributed by atoms with Crippen LogP contribution < -0.4 is 15.4 Å². The number of nitrogens with one attached hydrogen (secondary N) is 2. The number of hydrogen-bond donors (Lipinski definition) is 2. The Morgan fingerprint density at radius 1 is 1.00 bits per heavy atom. The molecule has 1 aromatic carbocycles. The van der Waals surface area contributed by atoms with Crippen LogP contribution in [0.1, 0.15) is 10.4 Å². The van der Waals surface area contributed by atoms with E-state index in [4.69, 9.17) is 0 Å². The van der Waals surface area contributed by atoms with Gasteiger partial charge in [0.05, 0.1) is 30.3 Å². The van der Waals surface area contributed by atoms with E-state index in [9.17, 15) is 22.8 Å². The number of carbonyl (C=O) groups excluding carboxylic acids is 2. The molecule has 0 atom stereocenters. The van der Waals surface area contributed by atoms with Crippen molar-refractivity contribution >= 4 is 23.3 Å². The van der Waals surface area contributed by atoms with Crippen LogP contribution in [0.4, 0.5) is 24.7 Å². The van der Waals surface area contributed by atoms with Crippen LogP contribution in [0.2, 0.25) is 0 Å². The summed E-state index contributed by atoms with van der Waals surface area (Å²) in [5, 5.41) is 4.96. The molecule has 11 nitrogen and oxygen atoms in total. The van der Waals surface area contributed by atoms with Crippen LogP contribution in [0.5, 0.6) is 5.75 Å². The van der Waals surface area contributed by atoms with E-state index in [1.165, 1.54) is 18.7 Å². The van der Waals surface area contributed by atoms with Crippen LogP contribution in [-0.4, -0.2) is 87.7 Å². The highest BCUT2D eigenvalue weighted by Crippen LogP contribution is 2.31. The van der Waals surface area contributed by atoms with Crippen molar-refractivity contribution in [2.75, 3.05) is 50.4 Å². The zero-order chi connectivity index (χ0) is 26.4. The van der Waals surface area contributed by atoms with Gasteiger partial charge in [-0.25, -0.2) is 15.0 Å². The molecule has 2 N–H and O–H groups in total. The van der Waals surface area contributed by atoms with E-state index in [0.717, 1.165) is 31.3 Å². The third-order valence-corrected chi connectivity index (χ3v) is 5.45. The number of likely N-dealkylation sites (N-methyl/N-ethyl adjacent to an activating group) is 1. The molecule has 1 aliphatic heterocycles. The number of alkyl halides is 3. The number of ether oxygens (including phenoxy) is 1. The molecule has 1 aliphatic rings. The van der Waals surface area contributed by atoms with Gasteiger partial charge in [0, 0.05) is 49.7 Å². The molecule has 14 heteroatoms. The van der Waals surface area contributed by atoms with Gasteiger partial charge in [-0.2, -0.15) is 0 Å². The lowest BCUT2D eigenvalue weighted by Crippen LogP contribution is -2.47. The Kier molecular flexibility index (Phi) is 7.89. The van der Waals surface area contributed by atoms with Gasteiger partial charge in [0.15, 0.2) is 11.6 Å². The highest BCUT2D eigenvalue weighted by molar-refractivity contribution is 6.05. The molecule has 2 aromatic heterocycles. The maximum Gasteiger partial charge on any atom is 0.573 e. The van der Waals surface area contributed by atoms with Crippen molar-refractivity contribution in [1.29, 1.82) is 0 Å². The Hall–Kier alpha value is -4.17. The molecule has 0 radical (unpaired) electrons. The summed E-state index contributed by atoms with van der Waals surface area (Å²) in [4.78, 5) is 45.5. The summed E-state index contributed by atoms with van der Waals surface area (Å²) in [5.74, 6) is -1.72. The first-order valence-electron chi connectivity index (χ1n) is 11.2. The Morgan fingerprint density at radius 3 is 2.38 bits per heavy atom. The van der Waals surface area contributed by atoms with Crippen molar-refractivity contribution < 1.29 is 27.5 Å². The number of nitrogens with zero attached hydrogens (tertiary/aromatic N) is 6. The van der Waals surface area contributed by atoms with Crippen LogP contribution in [0.15, 0.2) is 49.3 Å². The maximum atomic E-state index is 12.9. The number of anilines is 2. The first-order chi connectivity index (χ1) is 17.7. The fourth-order valence-corrected chi connectivity index (χ4v) is 3.54. The van der Waals surface area contributed by atoms with Gasteiger partial charge in [0.2, 0.25) is 5.91 Å². The molecule has 3 aromatic rings. The predicted molar refractivity (Wildman–Crippen MR) is 127 cm³/mol. The Labute approximate surface area is 209 Å². The van der Waals surface area contributed by atoms with E-state index in [2.05, 4.69) is 40.2 Å². The van der Waals surface area contributed by atoms with Gasteiger partial charge in [-0.3, -0.25) is 19.5 Å². The van der Waals surface area contributed by atoms with E-state index in [1.54, 1.807) is 12.4 Å². The summed E-state index contributed by atoms with van der Waals surface area (Å²) < 4.78 is 42.8. The SMILES string of the molecule is CN1CCN(CC(=O)Nc2cc(C(=O)Nc3cnc(-c4cncnc4)cn3)ccc2OC(F)(F)F)CC1. The number of piperazine rings is 1. The second-order valence-corrected chi connectivity index (χ2v) is 8.25. The molecule has 37 heavy (non-hydrogen) atoms. The fraction of sp³-hybridized carbons (Fsp3) is 0.304. The van der Waals surface area contributed by atoms with E-state index in [-0.39, 0.29) is 23.6 Å². The normalized spacial score (nSPS) is 14.7. The molecular formula is C23H23F3N8O3. The van der Waals surface area contributed by atoms with Gasteiger partial charge in [-0.05, 0) is 25.2 Å². The Balaban J connectivity index is 1.47. The summed E-state index contributed by atoms with van der Waals surface area (Å²) >= 11 is 0. The van der Waals surface area contributed by atoms with Crippen LogP contribution in [0, 0.1) is 0 Å². The molecule has 0 spiro atoms. The third kappa shape index (κ3) is 7.41. The Bertz CT molecular complexity index is 1230. The predicted octanol–water partition coefficient (Wildman–Crippen LogP) is 2.27. The van der Waals surface area contributed by atoms with Gasteiger partial charge < -0.3 is 20.3 Å². The number of halogens is 3. The zero-order valence-electron chi connectivity index (χ0n) is 19.7. The molecule has 194 valence electrons. The fourth-order valence-electron chi connectivity index (χ4n) is 3.54. The van der Waals surface area contributed by atoms with Gasteiger partial charge in [0.1, 0.15) is 6.33 Å². The number of amides is 2. The molecule has 0 saturated carbocycles.